The van der Waals surface area contributed by atoms with Crippen LogP contribution in [-0.2, 0) is 41.5 Å². The predicted molar refractivity (Wildman–Crippen MR) is 280 cm³/mol. The van der Waals surface area contributed by atoms with Gasteiger partial charge in [-0.15, -0.1) is 0 Å². The number of ether oxygens (including phenoxy) is 2. The summed E-state index contributed by atoms with van der Waals surface area (Å²) in [6, 6.07) is 33.9. The molecule has 14 heteroatoms. The second-order valence-electron chi connectivity index (χ2n) is 19.0. The van der Waals surface area contributed by atoms with E-state index in [0.29, 0.717) is 61.9 Å². The monoisotopic (exact) mass is 983 g/mol. The smallest absolute Gasteiger partial charge is 0.412 e. The number of alkyl carbamates (subject to hydrolysis) is 2. The van der Waals surface area contributed by atoms with Gasteiger partial charge in [-0.05, 0) is 112 Å². The van der Waals surface area contributed by atoms with E-state index in [1.54, 1.807) is 38.1 Å². The summed E-state index contributed by atoms with van der Waals surface area (Å²) in [6.45, 7) is 8.17. The van der Waals surface area contributed by atoms with E-state index < -0.39 is 24.3 Å². The Morgan fingerprint density at radius 3 is 1.24 bits per heavy atom. The summed E-state index contributed by atoms with van der Waals surface area (Å²) in [6.07, 6.45) is 9.19. The van der Waals surface area contributed by atoms with E-state index in [2.05, 4.69) is 45.5 Å². The zero-order chi connectivity index (χ0) is 51.8. The molecule has 2 aliphatic rings. The van der Waals surface area contributed by atoms with Gasteiger partial charge >= 0.3 is 12.2 Å². The van der Waals surface area contributed by atoms with Gasteiger partial charge in [0.25, 0.3) is 0 Å². The minimum atomic E-state index is -0.632. The molecule has 4 aromatic carbocycles. The lowest BCUT2D eigenvalue weighted by Gasteiger charge is -2.17. The van der Waals surface area contributed by atoms with Crippen LogP contribution in [0, 0.1) is 22.7 Å². The number of amides is 4. The molecule has 6 N–H and O–H groups in total. The van der Waals surface area contributed by atoms with Crippen LogP contribution < -0.4 is 21.3 Å². The summed E-state index contributed by atoms with van der Waals surface area (Å²) in [5.41, 5.74) is 5.57. The lowest BCUT2D eigenvalue weighted by atomic mass is 9.96. The molecule has 72 heavy (non-hydrogen) atoms. The zero-order valence-corrected chi connectivity index (χ0v) is 42.4. The molecule has 2 fully saturated rings. The first-order chi connectivity index (χ1) is 34.7. The number of Topliss-reactive ketones (excluding diaryl/α,β-unsaturated/α-hetero) is 2. The van der Waals surface area contributed by atoms with Crippen LogP contribution in [0.25, 0.3) is 0 Å². The number of aryl methyl sites for hydroxylation is 2. The number of hydrogen-bond acceptors (Lipinski definition) is 10. The van der Waals surface area contributed by atoms with Crippen LogP contribution in [0.1, 0.15) is 150 Å². The van der Waals surface area contributed by atoms with Gasteiger partial charge in [-0.1, -0.05) is 136 Å². The topological polar surface area (TPSA) is 217 Å². The van der Waals surface area contributed by atoms with Crippen molar-refractivity contribution in [3.8, 4) is 0 Å². The number of rotatable bonds is 22. The summed E-state index contributed by atoms with van der Waals surface area (Å²) in [5, 5.41) is 26.7. The van der Waals surface area contributed by atoms with Crippen molar-refractivity contribution in [3.05, 3.63) is 143 Å². The van der Waals surface area contributed by atoms with E-state index in [-0.39, 0.29) is 46.9 Å². The molecule has 0 aromatic heterocycles. The van der Waals surface area contributed by atoms with Crippen LogP contribution >= 0.6 is 0 Å². The molecule has 2 saturated carbocycles. The lowest BCUT2D eigenvalue weighted by molar-refractivity contribution is -0.129. The summed E-state index contributed by atoms with van der Waals surface area (Å²) >= 11 is 0. The van der Waals surface area contributed by atoms with Gasteiger partial charge in [-0.2, -0.15) is 0 Å². The third-order valence-corrected chi connectivity index (χ3v) is 13.6. The predicted octanol–water partition coefficient (Wildman–Crippen LogP) is 10.3. The Kier molecular flexibility index (Phi) is 22.9. The number of carbonyl (C=O) groups is 6. The second kappa shape index (κ2) is 29.4. The average Bonchev–Trinajstić information content (AvgIpc) is 4.11. The number of amidine groups is 2. The average molecular weight is 983 g/mol. The van der Waals surface area contributed by atoms with Gasteiger partial charge in [0, 0.05) is 35.8 Å². The molecule has 0 saturated heterocycles. The van der Waals surface area contributed by atoms with Crippen LogP contribution in [0.5, 0.6) is 0 Å². The summed E-state index contributed by atoms with van der Waals surface area (Å²) in [7, 11) is 0. The maximum atomic E-state index is 12.7. The van der Waals surface area contributed by atoms with Crippen molar-refractivity contribution in [1.82, 2.24) is 21.3 Å². The maximum absolute atomic E-state index is 12.7. The summed E-state index contributed by atoms with van der Waals surface area (Å²) in [4.78, 5) is 74.2. The van der Waals surface area contributed by atoms with Crippen molar-refractivity contribution >= 4 is 47.2 Å². The van der Waals surface area contributed by atoms with Gasteiger partial charge in [0.2, 0.25) is 11.8 Å². The van der Waals surface area contributed by atoms with Gasteiger partial charge in [-0.3, -0.25) is 40.6 Å². The molecule has 2 aliphatic carbocycles. The van der Waals surface area contributed by atoms with Crippen molar-refractivity contribution in [2.75, 3.05) is 13.2 Å². The lowest BCUT2D eigenvalue weighted by Crippen LogP contribution is -2.41. The Labute approximate surface area is 425 Å². The number of hydrogen-bond donors (Lipinski definition) is 6. The summed E-state index contributed by atoms with van der Waals surface area (Å²) in [5.74, 6) is 0.573. The van der Waals surface area contributed by atoms with Gasteiger partial charge in [0.15, 0.2) is 11.6 Å². The Morgan fingerprint density at radius 2 is 0.889 bits per heavy atom. The van der Waals surface area contributed by atoms with Crippen LogP contribution in [-0.4, -0.2) is 72.5 Å². The van der Waals surface area contributed by atoms with Gasteiger partial charge in [0.1, 0.15) is 11.7 Å². The highest BCUT2D eigenvalue weighted by molar-refractivity contribution is 6.05. The quantitative estimate of drug-likeness (QED) is 0.0252. The Balaban J connectivity index is 0.000000267. The number of nitrogens with one attached hydrogen (secondary N) is 6. The first kappa shape index (κ1) is 56.0. The Bertz CT molecular complexity index is 2240. The molecule has 0 bridgehead atoms. The molecule has 384 valence electrons. The second-order valence-corrected chi connectivity index (χ2v) is 19.0. The first-order valence-electron chi connectivity index (χ1n) is 25.7. The minimum absolute atomic E-state index is 0.00531. The van der Waals surface area contributed by atoms with Crippen molar-refractivity contribution < 1.29 is 38.2 Å². The molecule has 6 rings (SSSR count). The third-order valence-electron chi connectivity index (χ3n) is 13.6. The molecule has 0 radical (unpaired) electrons. The highest BCUT2D eigenvalue weighted by Gasteiger charge is 2.33. The van der Waals surface area contributed by atoms with Crippen molar-refractivity contribution in [3.63, 3.8) is 0 Å². The number of benzene rings is 4. The Morgan fingerprint density at radius 1 is 0.528 bits per heavy atom. The molecular weight excluding hydrogens is 909 g/mol. The van der Waals surface area contributed by atoms with Crippen LogP contribution in [0.4, 0.5) is 9.59 Å². The van der Waals surface area contributed by atoms with E-state index >= 15 is 0 Å². The molecule has 0 unspecified atom stereocenters. The van der Waals surface area contributed by atoms with Crippen LogP contribution in [0.3, 0.4) is 0 Å². The van der Waals surface area contributed by atoms with E-state index in [0.717, 1.165) is 75.3 Å². The van der Waals surface area contributed by atoms with Gasteiger partial charge in [0.05, 0.1) is 25.3 Å². The SMILES string of the molecule is CCCCOC(=O)NC(=N)c1ccc(CCC(=O)[C@H](C)NC(=O)[C@@H]2CC[C@@H](c3ccccc3)C2)cc1.CCCCOC(=O)NC(=N)c1ccc(CCC(=O)[C@H](C)NC(=O)[C@@H]2CC[C@@H](c3ccccc3)C2)cc1. The van der Waals surface area contributed by atoms with Crippen molar-refractivity contribution in [2.24, 2.45) is 11.8 Å². The third kappa shape index (κ3) is 18.3. The molecule has 4 aromatic rings. The highest BCUT2D eigenvalue weighted by Crippen LogP contribution is 2.39. The number of ketones is 2. The fourth-order valence-corrected chi connectivity index (χ4v) is 9.00. The highest BCUT2D eigenvalue weighted by atomic mass is 16.6. The van der Waals surface area contributed by atoms with Crippen LogP contribution in [0.2, 0.25) is 0 Å². The molecule has 6 atom stereocenters. The van der Waals surface area contributed by atoms with Gasteiger partial charge < -0.3 is 20.1 Å². The normalized spacial score (nSPS) is 17.7. The largest absolute Gasteiger partial charge is 0.449 e. The fourth-order valence-electron chi connectivity index (χ4n) is 9.00. The molecule has 0 aliphatic heterocycles. The van der Waals surface area contributed by atoms with Gasteiger partial charge in [-0.25, -0.2) is 9.59 Å². The van der Waals surface area contributed by atoms with E-state index in [9.17, 15) is 28.8 Å². The minimum Gasteiger partial charge on any atom is -0.449 e. The molecule has 0 spiro atoms. The van der Waals surface area contributed by atoms with Crippen molar-refractivity contribution in [1.29, 1.82) is 10.8 Å². The van der Waals surface area contributed by atoms with E-state index in [1.165, 1.54) is 11.1 Å². The number of carbonyl (C=O) groups excluding carboxylic acids is 6. The number of unbranched alkanes of at least 4 members (excludes halogenated alkanes) is 2. The van der Waals surface area contributed by atoms with E-state index in [1.807, 2.05) is 74.5 Å². The molecular formula is C58H74N6O8. The standard InChI is InChI=1S/2C29H37N3O4/c2*1-3-4-18-36-29(35)32-27(30)23-13-10-21(11-14-23)12-17-26(33)20(2)31-28(34)25-16-15-24(19-25)22-8-6-5-7-9-22/h2*5-11,13-14,20,24-25H,3-4,12,15-19H2,1-2H3,(H,31,34)(H2,30,32,35)/t2*20-,24+,25+/m00/s1. The van der Waals surface area contributed by atoms with Crippen LogP contribution in [0.15, 0.2) is 109 Å². The molecule has 14 nitrogen and oxygen atoms in total. The zero-order valence-electron chi connectivity index (χ0n) is 42.4. The first-order valence-corrected chi connectivity index (χ1v) is 25.7. The maximum Gasteiger partial charge on any atom is 0.412 e. The van der Waals surface area contributed by atoms with Crippen molar-refractivity contribution in [2.45, 2.75) is 142 Å². The summed E-state index contributed by atoms with van der Waals surface area (Å²) < 4.78 is 10.0. The van der Waals surface area contributed by atoms with E-state index in [4.69, 9.17) is 20.3 Å². The fraction of sp³-hybridized carbons (Fsp3) is 0.448. The molecule has 0 heterocycles. The Hall–Kier alpha value is -6.96. The molecule has 4 amide bonds.